The molecule has 0 atom stereocenters. The molecule has 0 saturated carbocycles. The topological polar surface area (TPSA) is 170 Å². The number of nitrogens with one attached hydrogen (secondary N) is 2. The number of nitrogens with zero attached hydrogens (tertiary/aromatic N) is 5. The number of thioether (sulfide) groups is 1. The van der Waals surface area contributed by atoms with Gasteiger partial charge in [-0.15, -0.1) is 0 Å². The maximum Gasteiger partial charge on any atom is 0.269 e. The summed E-state index contributed by atoms with van der Waals surface area (Å²) in [6, 6.07) is 14.7. The number of carbonyl (C=O) groups excluding carboxylic acids is 1. The van der Waals surface area contributed by atoms with Crippen molar-refractivity contribution in [3.63, 3.8) is 0 Å². The summed E-state index contributed by atoms with van der Waals surface area (Å²) in [6.45, 7) is 1.73. The molecule has 0 fully saturated rings. The van der Waals surface area contributed by atoms with Crippen LogP contribution in [0.25, 0.3) is 0 Å². The number of aromatic nitrogens is 4. The van der Waals surface area contributed by atoms with Crippen molar-refractivity contribution in [1.29, 1.82) is 0 Å². The molecule has 12 nitrogen and oxygen atoms in total. The second kappa shape index (κ2) is 11.1. The Morgan fingerprint density at radius 3 is 2.35 bits per heavy atom. The van der Waals surface area contributed by atoms with Crippen LogP contribution in [0.5, 0.6) is 0 Å². The highest BCUT2D eigenvalue weighted by molar-refractivity contribution is 7.99. The third-order valence-electron chi connectivity index (χ3n) is 4.82. The molecule has 2 aromatic heterocycles. The van der Waals surface area contributed by atoms with Gasteiger partial charge in [-0.05, 0) is 55.5 Å². The van der Waals surface area contributed by atoms with Crippen molar-refractivity contribution in [2.45, 2.75) is 17.0 Å². The number of hydrogen-bond donors (Lipinski definition) is 2. The first-order valence-corrected chi connectivity index (χ1v) is 13.1. The van der Waals surface area contributed by atoms with E-state index in [-0.39, 0.29) is 28.1 Å². The number of ketones is 1. The minimum Gasteiger partial charge on any atom is -0.340 e. The van der Waals surface area contributed by atoms with Gasteiger partial charge in [0.1, 0.15) is 5.82 Å². The molecular weight excluding hydrogens is 518 g/mol. The first-order valence-electron chi connectivity index (χ1n) is 10.6. The lowest BCUT2D eigenvalue weighted by atomic mass is 10.1. The van der Waals surface area contributed by atoms with Gasteiger partial charge >= 0.3 is 0 Å². The van der Waals surface area contributed by atoms with Gasteiger partial charge in [0, 0.05) is 41.5 Å². The van der Waals surface area contributed by atoms with Crippen LogP contribution >= 0.6 is 11.8 Å². The minimum atomic E-state index is -3.87. The molecule has 0 spiro atoms. The summed E-state index contributed by atoms with van der Waals surface area (Å²) in [5.41, 5.74) is 1.48. The van der Waals surface area contributed by atoms with Crippen molar-refractivity contribution in [2.75, 3.05) is 15.8 Å². The molecule has 0 saturated heterocycles. The van der Waals surface area contributed by atoms with E-state index in [0.717, 1.165) is 11.8 Å². The Kier molecular flexibility index (Phi) is 7.69. The fraction of sp³-hybridized carbons (Fsp3) is 0.0870. The molecule has 37 heavy (non-hydrogen) atoms. The highest BCUT2D eigenvalue weighted by atomic mass is 32.2. The van der Waals surface area contributed by atoms with E-state index in [9.17, 15) is 23.3 Å². The predicted octanol–water partition coefficient (Wildman–Crippen LogP) is 4.00. The van der Waals surface area contributed by atoms with Gasteiger partial charge in [0.2, 0.25) is 5.95 Å². The predicted molar refractivity (Wildman–Crippen MR) is 137 cm³/mol. The van der Waals surface area contributed by atoms with Crippen LogP contribution in [0.4, 0.5) is 23.1 Å². The third kappa shape index (κ3) is 6.83. The number of benzene rings is 2. The Morgan fingerprint density at radius 1 is 0.973 bits per heavy atom. The van der Waals surface area contributed by atoms with E-state index in [2.05, 4.69) is 30.0 Å². The zero-order valence-corrected chi connectivity index (χ0v) is 20.9. The van der Waals surface area contributed by atoms with Crippen molar-refractivity contribution >= 4 is 50.7 Å². The molecule has 2 aromatic carbocycles. The van der Waals surface area contributed by atoms with Gasteiger partial charge in [-0.2, -0.15) is 0 Å². The Morgan fingerprint density at radius 2 is 1.68 bits per heavy atom. The number of aryl methyl sites for hydroxylation is 1. The molecule has 0 bridgehead atoms. The van der Waals surface area contributed by atoms with Crippen molar-refractivity contribution in [3.05, 3.63) is 94.4 Å². The van der Waals surface area contributed by atoms with E-state index >= 15 is 0 Å². The molecule has 4 rings (SSSR count). The summed E-state index contributed by atoms with van der Waals surface area (Å²) in [7, 11) is -3.87. The normalized spacial score (nSPS) is 11.1. The van der Waals surface area contributed by atoms with Gasteiger partial charge in [0.05, 0.1) is 15.6 Å². The van der Waals surface area contributed by atoms with Crippen LogP contribution in [0.3, 0.4) is 0 Å². The third-order valence-corrected chi connectivity index (χ3v) is 7.03. The molecule has 0 aliphatic heterocycles. The van der Waals surface area contributed by atoms with Crippen molar-refractivity contribution < 1.29 is 18.1 Å². The lowest BCUT2D eigenvalue weighted by Crippen LogP contribution is -2.15. The van der Waals surface area contributed by atoms with Gasteiger partial charge in [0.15, 0.2) is 10.9 Å². The number of anilines is 3. The maximum atomic E-state index is 12.6. The Labute approximate surface area is 215 Å². The molecule has 4 aromatic rings. The second-order valence-electron chi connectivity index (χ2n) is 7.52. The quantitative estimate of drug-likeness (QED) is 0.0985. The number of Topliss-reactive ketones (excluding diaryl/α,β-unsaturated/α-hetero) is 1. The number of non-ortho nitro benzene ring substituents is 1. The number of nitro groups is 1. The highest BCUT2D eigenvalue weighted by Gasteiger charge is 2.16. The zero-order valence-electron chi connectivity index (χ0n) is 19.2. The first-order chi connectivity index (χ1) is 17.7. The minimum absolute atomic E-state index is 0.0136. The standard InChI is InChI=1S/C23H19N7O5S2/c1-15-10-12-24-22(26-15)29-37(34,35)19-8-4-17(5-9-19)27-21-11-13-25-23(28-21)36-14-20(31)16-2-6-18(7-3-16)30(32)33/h2-13H,14H2,1H3,(H,24,26,29)(H,25,27,28). The van der Waals surface area contributed by atoms with Gasteiger partial charge < -0.3 is 5.32 Å². The van der Waals surface area contributed by atoms with Gasteiger partial charge in [-0.25, -0.2) is 33.1 Å². The monoisotopic (exact) mass is 537 g/mol. The molecule has 2 heterocycles. The van der Waals surface area contributed by atoms with Crippen molar-refractivity contribution in [2.24, 2.45) is 0 Å². The van der Waals surface area contributed by atoms with Crippen LogP contribution in [-0.4, -0.2) is 44.8 Å². The number of hydrogen-bond acceptors (Lipinski definition) is 11. The van der Waals surface area contributed by atoms with E-state index in [1.54, 1.807) is 31.2 Å². The summed E-state index contributed by atoms with van der Waals surface area (Å²) in [4.78, 5) is 39.1. The van der Waals surface area contributed by atoms with Crippen LogP contribution < -0.4 is 10.0 Å². The number of nitro benzene ring substituents is 1. The maximum absolute atomic E-state index is 12.6. The van der Waals surface area contributed by atoms with E-state index in [1.807, 2.05) is 0 Å². The number of sulfonamides is 1. The average Bonchev–Trinajstić information content (AvgIpc) is 2.87. The van der Waals surface area contributed by atoms with Gasteiger partial charge in [-0.1, -0.05) is 11.8 Å². The van der Waals surface area contributed by atoms with Crippen molar-refractivity contribution in [1.82, 2.24) is 19.9 Å². The first kappa shape index (κ1) is 25.7. The smallest absolute Gasteiger partial charge is 0.269 e. The Balaban J connectivity index is 1.37. The molecular formula is C23H19N7O5S2. The van der Waals surface area contributed by atoms with E-state index < -0.39 is 14.9 Å². The summed E-state index contributed by atoms with van der Waals surface area (Å²) < 4.78 is 27.6. The van der Waals surface area contributed by atoms with E-state index in [0.29, 0.717) is 27.9 Å². The van der Waals surface area contributed by atoms with Crippen LogP contribution in [0.15, 0.2) is 83.1 Å². The molecule has 2 N–H and O–H groups in total. The van der Waals surface area contributed by atoms with E-state index in [1.165, 1.54) is 48.8 Å². The van der Waals surface area contributed by atoms with E-state index in [4.69, 9.17) is 0 Å². The molecule has 14 heteroatoms. The fourth-order valence-electron chi connectivity index (χ4n) is 3.00. The molecule has 0 aliphatic rings. The molecule has 188 valence electrons. The number of carbonyl (C=O) groups is 1. The van der Waals surface area contributed by atoms with Crippen LogP contribution in [0.1, 0.15) is 16.1 Å². The second-order valence-corrected chi connectivity index (χ2v) is 10.1. The number of rotatable bonds is 10. The molecule has 0 amide bonds. The summed E-state index contributed by atoms with van der Waals surface area (Å²) >= 11 is 1.12. The lowest BCUT2D eigenvalue weighted by molar-refractivity contribution is -0.384. The lowest BCUT2D eigenvalue weighted by Gasteiger charge is -2.09. The summed E-state index contributed by atoms with van der Waals surface area (Å²) in [5.74, 6) is 0.261. The van der Waals surface area contributed by atoms with Crippen LogP contribution in [0, 0.1) is 17.0 Å². The van der Waals surface area contributed by atoms with Gasteiger partial charge in [0.25, 0.3) is 15.7 Å². The average molecular weight is 538 g/mol. The Hall–Kier alpha value is -4.43. The zero-order chi connectivity index (χ0) is 26.4. The Bertz CT molecular complexity index is 1550. The summed E-state index contributed by atoms with van der Waals surface area (Å²) in [6.07, 6.45) is 2.99. The largest absolute Gasteiger partial charge is 0.340 e. The summed E-state index contributed by atoms with van der Waals surface area (Å²) in [5, 5.41) is 14.2. The van der Waals surface area contributed by atoms with Crippen LogP contribution in [-0.2, 0) is 10.0 Å². The SMILES string of the molecule is Cc1ccnc(NS(=O)(=O)c2ccc(Nc3ccnc(SCC(=O)c4ccc([N+](=O)[O-])cc4)n3)cc2)n1. The molecule has 0 unspecified atom stereocenters. The molecule has 0 aliphatic carbocycles. The molecule has 0 radical (unpaired) electrons. The van der Waals surface area contributed by atoms with Crippen LogP contribution in [0.2, 0.25) is 0 Å². The fourth-order valence-corrected chi connectivity index (χ4v) is 4.68. The highest BCUT2D eigenvalue weighted by Crippen LogP contribution is 2.22. The van der Waals surface area contributed by atoms with Gasteiger partial charge in [-0.3, -0.25) is 14.9 Å². The van der Waals surface area contributed by atoms with Crippen molar-refractivity contribution in [3.8, 4) is 0 Å².